The molecular formula is C8H16INO2Zn-. The van der Waals surface area contributed by atoms with Crippen LogP contribution in [0.15, 0.2) is 4.99 Å². The maximum Gasteiger partial charge on any atom is 0.145 e. The predicted octanol–water partition coefficient (Wildman–Crippen LogP) is 1.36. The summed E-state index contributed by atoms with van der Waals surface area (Å²) in [6, 6.07) is 0. The fourth-order valence-electron chi connectivity index (χ4n) is 0.465. The molecular weight excluding hydrogens is 334 g/mol. The van der Waals surface area contributed by atoms with Crippen LogP contribution in [0.5, 0.6) is 0 Å². The van der Waals surface area contributed by atoms with Crippen LogP contribution in [-0.4, -0.2) is 18.2 Å². The average Bonchev–Trinajstić information content (AvgIpc) is 1.79. The summed E-state index contributed by atoms with van der Waals surface area (Å²) in [4.78, 5) is 3.60. The summed E-state index contributed by atoms with van der Waals surface area (Å²) < 4.78 is 4.91. The monoisotopic (exact) mass is 349 g/mol. The number of rotatable bonds is 2. The zero-order chi connectivity index (χ0) is 8.91. The zero-order valence-electron chi connectivity index (χ0n) is 8.50. The number of aliphatic imine (C=N–C) groups is 1. The van der Waals surface area contributed by atoms with Gasteiger partial charge in [0.1, 0.15) is 6.08 Å². The van der Waals surface area contributed by atoms with Crippen LogP contribution in [0.3, 0.4) is 0 Å². The van der Waals surface area contributed by atoms with E-state index in [4.69, 9.17) is 4.74 Å². The van der Waals surface area contributed by atoms with Crippen LogP contribution in [0.4, 0.5) is 0 Å². The Balaban J connectivity index is -0.000000500. The zero-order valence-corrected chi connectivity index (χ0v) is 13.8. The number of hydrogen-bond donors (Lipinski definition) is 0. The Hall–Kier alpha value is 0.623. The Bertz CT molecular complexity index is 146. The molecule has 0 atom stereocenters. The van der Waals surface area contributed by atoms with Crippen LogP contribution in [0.2, 0.25) is 0 Å². The molecule has 0 fully saturated rings. The molecule has 0 saturated heterocycles. The third-order valence-electron chi connectivity index (χ3n) is 0.793. The Morgan fingerprint density at radius 3 is 2.23 bits per heavy atom. The molecule has 5 heteroatoms. The van der Waals surface area contributed by atoms with Gasteiger partial charge in [0.25, 0.3) is 0 Å². The first kappa shape index (κ1) is 19.2. The minimum Gasteiger partial charge on any atom is -0.595 e. The summed E-state index contributed by atoms with van der Waals surface area (Å²) in [6.45, 7) is 9.42. The van der Waals surface area contributed by atoms with Crippen molar-refractivity contribution in [1.82, 2.24) is 0 Å². The van der Waals surface area contributed by atoms with Gasteiger partial charge in [-0.25, -0.2) is 0 Å². The average molecular weight is 351 g/mol. The van der Waals surface area contributed by atoms with Gasteiger partial charge in [0.2, 0.25) is 0 Å². The van der Waals surface area contributed by atoms with Crippen molar-refractivity contribution in [3.8, 4) is 0 Å². The standard InChI is InChI=1S/C8H16NO2.HI.Zn/c1-5-6-9-7(10)11-8(2,3)4;;/h1,5-6H2,2-4H3,(H,9,10);1H;/p-1. The van der Waals surface area contributed by atoms with Crippen molar-refractivity contribution in [3.05, 3.63) is 6.92 Å². The molecule has 0 aliphatic heterocycles. The van der Waals surface area contributed by atoms with E-state index < -0.39 is 11.7 Å². The van der Waals surface area contributed by atoms with Crippen molar-refractivity contribution in [1.29, 1.82) is 0 Å². The molecule has 0 aromatic heterocycles. The predicted molar refractivity (Wildman–Crippen MR) is 58.5 cm³/mol. The van der Waals surface area contributed by atoms with Gasteiger partial charge in [-0.3, -0.25) is 4.99 Å². The van der Waals surface area contributed by atoms with Crippen molar-refractivity contribution in [2.75, 3.05) is 6.54 Å². The van der Waals surface area contributed by atoms with E-state index >= 15 is 0 Å². The number of nitrogens with zero attached hydrogens (tertiary/aromatic N) is 1. The van der Waals surface area contributed by atoms with E-state index in [1.165, 1.54) is 0 Å². The van der Waals surface area contributed by atoms with Gasteiger partial charge in [-0.1, -0.05) is 27.7 Å². The topological polar surface area (TPSA) is 44.7 Å². The first-order valence-electron chi connectivity index (χ1n) is 3.65. The minimum absolute atomic E-state index is 0. The van der Waals surface area contributed by atoms with Crippen LogP contribution >= 0.6 is 24.0 Å². The van der Waals surface area contributed by atoms with Crippen molar-refractivity contribution < 1.29 is 29.3 Å². The maximum absolute atomic E-state index is 10.8. The van der Waals surface area contributed by atoms with Crippen molar-refractivity contribution in [2.24, 2.45) is 4.99 Å². The van der Waals surface area contributed by atoms with E-state index in [2.05, 4.69) is 11.9 Å². The summed E-state index contributed by atoms with van der Waals surface area (Å²) in [6.07, 6.45) is 0.125. The van der Waals surface area contributed by atoms with Gasteiger partial charge >= 0.3 is 0 Å². The Labute approximate surface area is 110 Å². The summed E-state index contributed by atoms with van der Waals surface area (Å²) >= 11 is 0. The molecule has 0 spiro atoms. The molecule has 0 aromatic rings. The van der Waals surface area contributed by atoms with Crippen LogP contribution in [-0.2, 0) is 24.2 Å². The Morgan fingerprint density at radius 2 is 1.92 bits per heavy atom. The second-order valence-electron chi connectivity index (χ2n) is 3.22. The van der Waals surface area contributed by atoms with Gasteiger partial charge in [-0.15, -0.1) is 24.0 Å². The molecule has 13 heavy (non-hydrogen) atoms. The third kappa shape index (κ3) is 15.4. The molecule has 75 valence electrons. The third-order valence-corrected chi connectivity index (χ3v) is 0.793. The fourth-order valence-corrected chi connectivity index (χ4v) is 0.465. The normalized spacial score (nSPS) is 11.2. The minimum atomic E-state index is -0.499. The molecule has 0 amide bonds. The second kappa shape index (κ2) is 9.19. The van der Waals surface area contributed by atoms with Crippen LogP contribution in [0.1, 0.15) is 27.2 Å². The van der Waals surface area contributed by atoms with Crippen molar-refractivity contribution >= 4 is 30.1 Å². The molecule has 0 aromatic carbocycles. The van der Waals surface area contributed by atoms with E-state index in [1.807, 2.05) is 20.8 Å². The molecule has 0 unspecified atom stereocenters. The van der Waals surface area contributed by atoms with E-state index in [0.717, 1.165) is 0 Å². The summed E-state index contributed by atoms with van der Waals surface area (Å²) in [5.74, 6) is 0. The van der Waals surface area contributed by atoms with Gasteiger partial charge in [0.15, 0.2) is 0 Å². The molecule has 0 saturated carbocycles. The Kier molecular flexibility index (Phi) is 13.6. The van der Waals surface area contributed by atoms with E-state index in [9.17, 15) is 5.11 Å². The summed E-state index contributed by atoms with van der Waals surface area (Å²) in [7, 11) is 0. The molecule has 0 rings (SSSR count). The largest absolute Gasteiger partial charge is 0.595 e. The summed E-state index contributed by atoms with van der Waals surface area (Å²) in [5, 5.41) is 10.8. The van der Waals surface area contributed by atoms with Crippen molar-refractivity contribution in [2.45, 2.75) is 32.8 Å². The van der Waals surface area contributed by atoms with Gasteiger partial charge in [0, 0.05) is 31.6 Å². The molecule has 1 radical (unpaired) electrons. The summed E-state index contributed by atoms with van der Waals surface area (Å²) in [5.41, 5.74) is -0.443. The van der Waals surface area contributed by atoms with Gasteiger partial charge in [-0.2, -0.15) is 0 Å². The molecule has 0 heterocycles. The van der Waals surface area contributed by atoms with Crippen molar-refractivity contribution in [3.63, 3.8) is 0 Å². The number of ether oxygens (including phenoxy) is 1. The van der Waals surface area contributed by atoms with Crippen LogP contribution < -0.4 is 5.11 Å². The van der Waals surface area contributed by atoms with Crippen LogP contribution in [0.25, 0.3) is 0 Å². The second-order valence-corrected chi connectivity index (χ2v) is 3.22. The first-order valence-corrected chi connectivity index (χ1v) is 3.65. The Morgan fingerprint density at radius 1 is 1.46 bits per heavy atom. The molecule has 3 nitrogen and oxygen atoms in total. The quantitative estimate of drug-likeness (QED) is 0.327. The number of hydrogen-bond acceptors (Lipinski definition) is 3. The molecule has 0 aliphatic rings. The molecule has 0 bridgehead atoms. The van der Waals surface area contributed by atoms with E-state index in [0.29, 0.717) is 13.0 Å². The van der Waals surface area contributed by atoms with Gasteiger partial charge in [-0.05, 0) is 6.42 Å². The van der Waals surface area contributed by atoms with Crippen LogP contribution in [0, 0.1) is 6.92 Å². The first-order chi connectivity index (χ1) is 4.95. The maximum atomic E-state index is 10.8. The fraction of sp³-hybridized carbons (Fsp3) is 0.750. The number of halogens is 1. The van der Waals surface area contributed by atoms with E-state index in [-0.39, 0.29) is 43.5 Å². The van der Waals surface area contributed by atoms with Gasteiger partial charge in [0.05, 0.1) is 0 Å². The molecule has 0 aliphatic carbocycles. The van der Waals surface area contributed by atoms with E-state index in [1.54, 1.807) is 0 Å². The smallest absolute Gasteiger partial charge is 0.145 e. The molecule has 0 N–H and O–H groups in total. The van der Waals surface area contributed by atoms with Gasteiger partial charge < -0.3 is 9.84 Å². The SMILES string of the molecule is I.[CH2]CCN=C([O-])OC(C)(C)C.[Zn].